The van der Waals surface area contributed by atoms with Crippen LogP contribution in [0.4, 0.5) is 0 Å². The third-order valence-electron chi connectivity index (χ3n) is 5.38. The number of benzene rings is 2. The number of amides is 1. The number of nitrogens with zero attached hydrogens (tertiary/aromatic N) is 1. The molecule has 7 heteroatoms. The number of esters is 1. The first-order valence-electron chi connectivity index (χ1n) is 10.2. The average Bonchev–Trinajstić information content (AvgIpc) is 3.25. The lowest BCUT2D eigenvalue weighted by atomic mass is 10.0. The van der Waals surface area contributed by atoms with E-state index in [0.717, 1.165) is 27.7 Å². The highest BCUT2D eigenvalue weighted by atomic mass is 16.7. The van der Waals surface area contributed by atoms with Crippen LogP contribution in [0.5, 0.6) is 11.5 Å². The van der Waals surface area contributed by atoms with Crippen LogP contribution in [0.15, 0.2) is 42.5 Å². The molecule has 1 N–H and O–H groups in total. The Kier molecular flexibility index (Phi) is 5.75. The standard InChI is InChI=1S/C24H24N2O5/c1-4-18-14(2)23(17-7-5-6-8-19(17)26-18)24(28)29-12-22(27)25-15(3)16-9-10-20-21(11-16)31-13-30-20/h5-11,15H,4,12-13H2,1-3H3,(H,25,27)/t15-/m0/s1. The van der Waals surface area contributed by atoms with Crippen molar-refractivity contribution in [1.29, 1.82) is 0 Å². The Morgan fingerprint density at radius 1 is 1.16 bits per heavy atom. The second-order valence-corrected chi connectivity index (χ2v) is 7.41. The first-order valence-corrected chi connectivity index (χ1v) is 10.2. The van der Waals surface area contributed by atoms with Crippen LogP contribution < -0.4 is 14.8 Å². The van der Waals surface area contributed by atoms with E-state index in [-0.39, 0.29) is 25.3 Å². The first kappa shape index (κ1) is 20.7. The molecule has 0 spiro atoms. The molecule has 3 aromatic rings. The molecule has 31 heavy (non-hydrogen) atoms. The van der Waals surface area contributed by atoms with E-state index in [9.17, 15) is 9.59 Å². The van der Waals surface area contributed by atoms with Crippen molar-refractivity contribution in [3.63, 3.8) is 0 Å². The summed E-state index contributed by atoms with van der Waals surface area (Å²) in [6.45, 7) is 5.52. The summed E-state index contributed by atoms with van der Waals surface area (Å²) in [6.07, 6.45) is 0.699. The Balaban J connectivity index is 1.44. The van der Waals surface area contributed by atoms with Crippen LogP contribution in [0.1, 0.15) is 47.1 Å². The van der Waals surface area contributed by atoms with Gasteiger partial charge < -0.3 is 19.5 Å². The molecule has 0 saturated carbocycles. The van der Waals surface area contributed by atoms with Gasteiger partial charge in [0.05, 0.1) is 17.1 Å². The molecule has 0 aliphatic carbocycles. The smallest absolute Gasteiger partial charge is 0.339 e. The average molecular weight is 420 g/mol. The summed E-state index contributed by atoms with van der Waals surface area (Å²) >= 11 is 0. The quantitative estimate of drug-likeness (QED) is 0.609. The van der Waals surface area contributed by atoms with E-state index in [1.54, 1.807) is 0 Å². The summed E-state index contributed by atoms with van der Waals surface area (Å²) in [7, 11) is 0. The summed E-state index contributed by atoms with van der Waals surface area (Å²) in [5, 5.41) is 3.56. The minimum absolute atomic E-state index is 0.193. The zero-order chi connectivity index (χ0) is 22.0. The van der Waals surface area contributed by atoms with Crippen LogP contribution in [-0.4, -0.2) is 30.3 Å². The van der Waals surface area contributed by atoms with Crippen molar-refractivity contribution in [2.45, 2.75) is 33.2 Å². The maximum atomic E-state index is 12.9. The summed E-state index contributed by atoms with van der Waals surface area (Å²) in [5.41, 5.74) is 3.68. The molecule has 0 radical (unpaired) electrons. The van der Waals surface area contributed by atoms with E-state index in [0.29, 0.717) is 23.5 Å². The van der Waals surface area contributed by atoms with Crippen LogP contribution in [0.25, 0.3) is 10.9 Å². The molecular formula is C24H24N2O5. The van der Waals surface area contributed by atoms with Crippen molar-refractivity contribution in [3.05, 3.63) is 64.8 Å². The number of para-hydroxylation sites is 1. The Morgan fingerprint density at radius 3 is 2.74 bits per heavy atom. The SMILES string of the molecule is CCc1nc2ccccc2c(C(=O)OCC(=O)N[C@@H](C)c2ccc3c(c2)OCO3)c1C. The predicted molar refractivity (Wildman–Crippen MR) is 115 cm³/mol. The van der Waals surface area contributed by atoms with Crippen molar-refractivity contribution >= 4 is 22.8 Å². The predicted octanol–water partition coefficient (Wildman–Crippen LogP) is 3.87. The van der Waals surface area contributed by atoms with Crippen molar-refractivity contribution in [3.8, 4) is 11.5 Å². The second-order valence-electron chi connectivity index (χ2n) is 7.41. The number of hydrogen-bond acceptors (Lipinski definition) is 6. The molecular weight excluding hydrogens is 396 g/mol. The van der Waals surface area contributed by atoms with E-state index in [1.165, 1.54) is 0 Å². The highest BCUT2D eigenvalue weighted by Crippen LogP contribution is 2.34. The highest BCUT2D eigenvalue weighted by molar-refractivity contribution is 6.05. The minimum Gasteiger partial charge on any atom is -0.454 e. The molecule has 4 rings (SSSR count). The number of nitrogens with one attached hydrogen (secondary N) is 1. The number of pyridine rings is 1. The Bertz CT molecular complexity index is 1160. The van der Waals surface area contributed by atoms with Gasteiger partial charge in [0.2, 0.25) is 6.79 Å². The number of aromatic nitrogens is 1. The van der Waals surface area contributed by atoms with Gasteiger partial charge in [-0.2, -0.15) is 0 Å². The number of aryl methyl sites for hydroxylation is 1. The number of ether oxygens (including phenoxy) is 3. The number of carbonyl (C=O) groups excluding carboxylic acids is 2. The lowest BCUT2D eigenvalue weighted by Crippen LogP contribution is -2.31. The monoisotopic (exact) mass is 420 g/mol. The molecule has 0 unspecified atom stereocenters. The molecule has 1 aliphatic heterocycles. The van der Waals surface area contributed by atoms with E-state index >= 15 is 0 Å². The molecule has 0 bridgehead atoms. The van der Waals surface area contributed by atoms with Crippen LogP contribution in [0.2, 0.25) is 0 Å². The Labute approximate surface area is 180 Å². The molecule has 7 nitrogen and oxygen atoms in total. The number of rotatable bonds is 6. The number of carbonyl (C=O) groups is 2. The molecule has 0 saturated heterocycles. The maximum absolute atomic E-state index is 12.9. The highest BCUT2D eigenvalue weighted by Gasteiger charge is 2.21. The Hall–Kier alpha value is -3.61. The van der Waals surface area contributed by atoms with Gasteiger partial charge in [0.1, 0.15) is 0 Å². The van der Waals surface area contributed by atoms with Crippen LogP contribution in [-0.2, 0) is 16.0 Å². The zero-order valence-corrected chi connectivity index (χ0v) is 17.7. The largest absolute Gasteiger partial charge is 0.454 e. The summed E-state index contributed by atoms with van der Waals surface area (Å²) in [4.78, 5) is 29.9. The van der Waals surface area contributed by atoms with E-state index in [2.05, 4.69) is 10.3 Å². The third-order valence-corrected chi connectivity index (χ3v) is 5.38. The molecule has 0 fully saturated rings. The fourth-order valence-electron chi connectivity index (χ4n) is 3.72. The maximum Gasteiger partial charge on any atom is 0.339 e. The summed E-state index contributed by atoms with van der Waals surface area (Å²) < 4.78 is 16.0. The molecule has 2 aromatic carbocycles. The minimum atomic E-state index is -0.531. The van der Waals surface area contributed by atoms with Crippen LogP contribution in [0, 0.1) is 6.92 Å². The molecule has 2 heterocycles. The topological polar surface area (TPSA) is 86.8 Å². The van der Waals surface area contributed by atoms with Gasteiger partial charge in [-0.1, -0.05) is 31.2 Å². The summed E-state index contributed by atoms with van der Waals surface area (Å²) in [6, 6.07) is 12.7. The van der Waals surface area contributed by atoms with Crippen LogP contribution in [0.3, 0.4) is 0 Å². The van der Waals surface area contributed by atoms with Gasteiger partial charge in [0, 0.05) is 11.1 Å². The van der Waals surface area contributed by atoms with Crippen molar-refractivity contribution in [2.75, 3.05) is 13.4 Å². The van der Waals surface area contributed by atoms with Gasteiger partial charge in [-0.15, -0.1) is 0 Å². The summed E-state index contributed by atoms with van der Waals surface area (Å²) in [5.74, 6) is 0.418. The van der Waals surface area contributed by atoms with E-state index < -0.39 is 5.97 Å². The molecule has 1 aliphatic rings. The van der Waals surface area contributed by atoms with E-state index in [4.69, 9.17) is 14.2 Å². The first-order chi connectivity index (χ1) is 15.0. The third kappa shape index (κ3) is 4.17. The molecule has 1 atom stereocenters. The second kappa shape index (κ2) is 8.63. The fraction of sp³-hybridized carbons (Fsp3) is 0.292. The number of fused-ring (bicyclic) bond motifs is 2. The van der Waals surface area contributed by atoms with Gasteiger partial charge >= 0.3 is 5.97 Å². The van der Waals surface area contributed by atoms with E-state index in [1.807, 2.05) is 63.2 Å². The molecule has 1 aromatic heterocycles. The van der Waals surface area contributed by atoms with Gasteiger partial charge in [-0.05, 0) is 49.6 Å². The van der Waals surface area contributed by atoms with Gasteiger partial charge in [-0.3, -0.25) is 9.78 Å². The lowest BCUT2D eigenvalue weighted by molar-refractivity contribution is -0.124. The zero-order valence-electron chi connectivity index (χ0n) is 17.7. The normalized spacial score (nSPS) is 13.1. The Morgan fingerprint density at radius 2 is 1.94 bits per heavy atom. The number of hydrogen-bond donors (Lipinski definition) is 1. The lowest BCUT2D eigenvalue weighted by Gasteiger charge is -2.16. The van der Waals surface area contributed by atoms with Crippen molar-refractivity contribution in [1.82, 2.24) is 10.3 Å². The van der Waals surface area contributed by atoms with Crippen LogP contribution >= 0.6 is 0 Å². The fourth-order valence-corrected chi connectivity index (χ4v) is 3.72. The molecule has 1 amide bonds. The van der Waals surface area contributed by atoms with Crippen molar-refractivity contribution in [2.24, 2.45) is 0 Å². The van der Waals surface area contributed by atoms with Crippen molar-refractivity contribution < 1.29 is 23.8 Å². The molecule has 160 valence electrons. The van der Waals surface area contributed by atoms with Gasteiger partial charge in [-0.25, -0.2) is 4.79 Å². The van der Waals surface area contributed by atoms with Gasteiger partial charge in [0.15, 0.2) is 18.1 Å². The van der Waals surface area contributed by atoms with Gasteiger partial charge in [0.25, 0.3) is 5.91 Å².